The number of carbonyl (C=O) groups is 1. The van der Waals surface area contributed by atoms with E-state index in [4.69, 9.17) is 16.3 Å². The van der Waals surface area contributed by atoms with Crippen molar-refractivity contribution in [2.24, 2.45) is 9.81 Å². The topological polar surface area (TPSA) is 77.8 Å². The lowest BCUT2D eigenvalue weighted by Gasteiger charge is -2.39. The van der Waals surface area contributed by atoms with E-state index in [1.165, 1.54) is 11.3 Å². The third-order valence-electron chi connectivity index (χ3n) is 4.96. The lowest BCUT2D eigenvalue weighted by molar-refractivity contribution is 0.0159. The van der Waals surface area contributed by atoms with Crippen LogP contribution in [0.25, 0.3) is 0 Å². The molecule has 1 spiro atoms. The molecule has 1 fully saturated rings. The second kappa shape index (κ2) is 7.45. The van der Waals surface area contributed by atoms with Gasteiger partial charge in [0.1, 0.15) is 27.4 Å². The molecule has 1 saturated heterocycles. The normalized spacial score (nSPS) is 21.9. The van der Waals surface area contributed by atoms with Crippen LogP contribution in [0.4, 0.5) is 4.79 Å². The summed E-state index contributed by atoms with van der Waals surface area (Å²) in [6.07, 6.45) is 1.93. The van der Waals surface area contributed by atoms with Gasteiger partial charge >= 0.3 is 6.09 Å². The number of ether oxygens (including phenoxy) is 1. The van der Waals surface area contributed by atoms with Crippen LogP contribution in [0, 0.1) is 5.41 Å². The van der Waals surface area contributed by atoms with Crippen LogP contribution in [0.3, 0.4) is 0 Å². The highest BCUT2D eigenvalue weighted by atomic mass is 35.5. The van der Waals surface area contributed by atoms with Crippen LogP contribution < -0.4 is 0 Å². The van der Waals surface area contributed by atoms with Crippen LogP contribution >= 0.6 is 22.9 Å². The third-order valence-corrected chi connectivity index (χ3v) is 7.57. The number of hydrogen-bond donors (Lipinski definition) is 0. The summed E-state index contributed by atoms with van der Waals surface area (Å²) in [5.74, 6) is 0. The van der Waals surface area contributed by atoms with Crippen molar-refractivity contribution in [1.82, 2.24) is 9.88 Å². The highest BCUT2D eigenvalue weighted by Gasteiger charge is 2.50. The van der Waals surface area contributed by atoms with Gasteiger partial charge < -0.3 is 14.2 Å². The summed E-state index contributed by atoms with van der Waals surface area (Å²) in [4.78, 5) is 19.6. The molecule has 6 nitrogen and oxygen atoms in total. The Balaban J connectivity index is 1.84. The summed E-state index contributed by atoms with van der Waals surface area (Å²) in [6.45, 7) is 12.5. The molecule has 1 aromatic rings. The summed E-state index contributed by atoms with van der Waals surface area (Å²) >= 11 is 6.17. The molecule has 1 aromatic heterocycles. The molecule has 0 aromatic carbocycles. The predicted octanol–water partition coefficient (Wildman–Crippen LogP) is 4.62. The smallest absolute Gasteiger partial charge is 0.410 e. The number of amides is 1. The summed E-state index contributed by atoms with van der Waals surface area (Å²) in [5, 5.41) is 0. The Morgan fingerprint density at radius 3 is 2.43 bits per heavy atom. The first kappa shape index (κ1) is 21.9. The van der Waals surface area contributed by atoms with Crippen LogP contribution in [0.1, 0.15) is 65.0 Å². The number of carbonyl (C=O) groups excluding carboxylic acids is 1. The highest BCUT2D eigenvalue weighted by Crippen LogP contribution is 2.48. The molecule has 156 valence electrons. The van der Waals surface area contributed by atoms with E-state index in [2.05, 4.69) is 9.38 Å². The predicted molar refractivity (Wildman–Crippen MR) is 115 cm³/mol. The van der Waals surface area contributed by atoms with Gasteiger partial charge in [-0.05, 0) is 54.4 Å². The Morgan fingerprint density at radius 2 is 1.89 bits per heavy atom. The van der Waals surface area contributed by atoms with Gasteiger partial charge in [0, 0.05) is 24.9 Å². The first-order valence-corrected chi connectivity index (χ1v) is 11.8. The Hall–Kier alpha value is -0.830. The first-order chi connectivity index (χ1) is 12.8. The Morgan fingerprint density at radius 1 is 1.29 bits per heavy atom. The van der Waals surface area contributed by atoms with Gasteiger partial charge in [-0.15, -0.1) is 11.3 Å². The molecule has 0 bridgehead atoms. The fraction of sp³-hybridized carbons (Fsp3) is 0.737. The van der Waals surface area contributed by atoms with E-state index in [0.717, 1.165) is 35.5 Å². The van der Waals surface area contributed by atoms with Crippen molar-refractivity contribution < 1.29 is 14.1 Å². The van der Waals surface area contributed by atoms with Gasteiger partial charge in [0.25, 0.3) is 0 Å². The summed E-state index contributed by atoms with van der Waals surface area (Å²) < 4.78 is 23.0. The summed E-state index contributed by atoms with van der Waals surface area (Å²) in [6, 6.07) is 0. The van der Waals surface area contributed by atoms with Crippen molar-refractivity contribution in [3.05, 3.63) is 15.0 Å². The fourth-order valence-electron chi connectivity index (χ4n) is 3.49. The van der Waals surface area contributed by atoms with E-state index in [-0.39, 0.29) is 11.5 Å². The van der Waals surface area contributed by atoms with Crippen molar-refractivity contribution in [3.63, 3.8) is 0 Å². The highest BCUT2D eigenvalue weighted by molar-refractivity contribution is 7.91. The van der Waals surface area contributed by atoms with Crippen molar-refractivity contribution in [1.29, 1.82) is 0 Å². The van der Waals surface area contributed by atoms with Gasteiger partial charge in [0.05, 0.1) is 10.6 Å². The maximum Gasteiger partial charge on any atom is 0.410 e. The number of likely N-dealkylation sites (tertiary alicyclic amines) is 1. The first-order valence-electron chi connectivity index (χ1n) is 9.45. The van der Waals surface area contributed by atoms with Gasteiger partial charge in [-0.3, -0.25) is 0 Å². The van der Waals surface area contributed by atoms with Crippen molar-refractivity contribution >= 4 is 46.1 Å². The zero-order valence-corrected chi connectivity index (χ0v) is 19.7. The molecule has 3 rings (SSSR count). The number of hydrogen-bond acceptors (Lipinski definition) is 6. The minimum atomic E-state index is -1.37. The molecule has 0 N–H and O–H groups in total. The van der Waals surface area contributed by atoms with E-state index >= 15 is 0 Å². The molecular weight excluding hydrogens is 418 g/mol. The molecule has 0 radical (unpaired) electrons. The van der Waals surface area contributed by atoms with Crippen LogP contribution in [0.5, 0.6) is 0 Å². The quantitative estimate of drug-likeness (QED) is 0.591. The second-order valence-corrected chi connectivity index (χ2v) is 13.0. The van der Waals surface area contributed by atoms with Crippen molar-refractivity contribution in [2.75, 3.05) is 13.1 Å². The molecule has 1 atom stereocenters. The Bertz CT molecular complexity index is 787. The largest absolute Gasteiger partial charge is 0.591 e. The number of halogens is 1. The number of thiazole rings is 1. The molecule has 2 aliphatic rings. The maximum absolute atomic E-state index is 12.8. The van der Waals surface area contributed by atoms with E-state index in [9.17, 15) is 9.35 Å². The minimum Gasteiger partial charge on any atom is -0.591 e. The average Bonchev–Trinajstić information content (AvgIpc) is 3.00. The van der Waals surface area contributed by atoms with Gasteiger partial charge in [0.2, 0.25) is 0 Å². The van der Waals surface area contributed by atoms with Crippen LogP contribution in [-0.2, 0) is 22.5 Å². The van der Waals surface area contributed by atoms with E-state index in [1.807, 2.05) is 41.5 Å². The SMILES string of the molecule is CC(C)(C)OC(=O)N1CCC2(CC1)Cc1nc(Cl)sc1/C2=N\[S@@+]([O-])C(C)(C)C. The Kier molecular flexibility index (Phi) is 5.82. The van der Waals surface area contributed by atoms with Crippen molar-refractivity contribution in [3.8, 4) is 0 Å². The van der Waals surface area contributed by atoms with Gasteiger partial charge in [0.15, 0.2) is 4.47 Å². The average molecular weight is 446 g/mol. The molecule has 1 aliphatic carbocycles. The molecule has 1 aliphatic heterocycles. The van der Waals surface area contributed by atoms with E-state index in [1.54, 1.807) is 4.90 Å². The van der Waals surface area contributed by atoms with E-state index in [0.29, 0.717) is 17.6 Å². The summed E-state index contributed by atoms with van der Waals surface area (Å²) in [5.41, 5.74) is 1.04. The number of rotatable bonds is 1. The molecule has 9 heteroatoms. The maximum atomic E-state index is 12.8. The summed E-state index contributed by atoms with van der Waals surface area (Å²) in [7, 11) is 0. The molecule has 28 heavy (non-hydrogen) atoms. The van der Waals surface area contributed by atoms with Gasteiger partial charge in [-0.2, -0.15) is 0 Å². The van der Waals surface area contributed by atoms with Gasteiger partial charge in [-0.25, -0.2) is 9.78 Å². The minimum absolute atomic E-state index is 0.238. The lowest BCUT2D eigenvalue weighted by atomic mass is 9.75. The standard InChI is InChI=1S/C19H28ClN3O3S2/c1-17(2,3)26-16(24)23-9-7-19(8-10-23)11-12-13(27-15(20)21-12)14(19)22-28(25)18(4,5)6/h7-11H2,1-6H3/b22-14+/t28-/m0/s1. The number of nitrogens with zero attached hydrogens (tertiary/aromatic N) is 3. The molecular formula is C19H28ClN3O3S2. The number of fused-ring (bicyclic) bond motifs is 1. The van der Waals surface area contributed by atoms with Crippen LogP contribution in [0.15, 0.2) is 4.40 Å². The van der Waals surface area contributed by atoms with Crippen molar-refractivity contribution in [2.45, 2.75) is 71.2 Å². The van der Waals surface area contributed by atoms with E-state index < -0.39 is 21.7 Å². The zero-order valence-electron chi connectivity index (χ0n) is 17.3. The third kappa shape index (κ3) is 4.50. The Labute approximate surface area is 179 Å². The zero-order chi connectivity index (χ0) is 20.9. The molecule has 0 saturated carbocycles. The second-order valence-electron chi connectivity index (χ2n) is 9.47. The molecule has 2 heterocycles. The van der Waals surface area contributed by atoms with Crippen LogP contribution in [0.2, 0.25) is 4.47 Å². The lowest BCUT2D eigenvalue weighted by Crippen LogP contribution is -2.47. The van der Waals surface area contributed by atoms with Crippen LogP contribution in [-0.4, -0.2) is 49.7 Å². The number of piperidine rings is 1. The molecule has 1 amide bonds. The fourth-order valence-corrected chi connectivity index (χ4v) is 5.52. The number of aromatic nitrogens is 1. The molecule has 0 unspecified atom stereocenters. The van der Waals surface area contributed by atoms with Gasteiger partial charge in [-0.1, -0.05) is 16.0 Å². The monoisotopic (exact) mass is 445 g/mol.